The molecule has 0 heterocycles. The molecule has 2 N–H and O–H groups in total. The van der Waals surface area contributed by atoms with Gasteiger partial charge in [0.25, 0.3) is 0 Å². The molecule has 0 aromatic heterocycles. The van der Waals surface area contributed by atoms with Gasteiger partial charge in [-0.25, -0.2) is 9.59 Å². The van der Waals surface area contributed by atoms with Crippen molar-refractivity contribution in [1.29, 1.82) is 0 Å². The first kappa shape index (κ1) is 16.3. The molecular weight excluding hydrogens is 332 g/mol. The van der Waals surface area contributed by atoms with Crippen LogP contribution in [0.2, 0.25) is 0 Å². The predicted molar refractivity (Wildman–Crippen MR) is 74.6 cm³/mol. The van der Waals surface area contributed by atoms with Crippen molar-refractivity contribution < 1.29 is 29.3 Å². The van der Waals surface area contributed by atoms with E-state index in [0.29, 0.717) is 11.1 Å². The first-order valence-corrected chi connectivity index (χ1v) is 6.79. The van der Waals surface area contributed by atoms with E-state index in [-0.39, 0.29) is 23.5 Å². The lowest BCUT2D eigenvalue weighted by atomic mass is 10.2. The summed E-state index contributed by atoms with van der Waals surface area (Å²) in [6.45, 7) is 3.72. The van der Waals surface area contributed by atoms with Gasteiger partial charge in [-0.3, -0.25) is 0 Å². The third kappa shape index (κ3) is 3.86. The maximum Gasteiger partial charge on any atom is 0.344 e. The van der Waals surface area contributed by atoms with Crippen LogP contribution in [-0.2, 0) is 4.79 Å². The van der Waals surface area contributed by atoms with Gasteiger partial charge in [-0.05, 0) is 41.4 Å². The molecule has 6 nitrogen and oxygen atoms in total. The van der Waals surface area contributed by atoms with Gasteiger partial charge >= 0.3 is 11.9 Å². The molecule has 110 valence electrons. The zero-order valence-electron chi connectivity index (χ0n) is 11.1. The Morgan fingerprint density at radius 1 is 1.30 bits per heavy atom. The summed E-state index contributed by atoms with van der Waals surface area (Å²) in [6.07, 6.45) is -0.755. The third-order valence-corrected chi connectivity index (χ3v) is 3.05. The molecule has 0 bridgehead atoms. The van der Waals surface area contributed by atoms with Gasteiger partial charge in [0.2, 0.25) is 0 Å². The van der Waals surface area contributed by atoms with Crippen molar-refractivity contribution in [2.24, 2.45) is 0 Å². The number of carboxylic acids is 2. The summed E-state index contributed by atoms with van der Waals surface area (Å²) in [5.41, 5.74) is 0.0241. The van der Waals surface area contributed by atoms with Gasteiger partial charge in [0.1, 0.15) is 0 Å². The highest BCUT2D eigenvalue weighted by molar-refractivity contribution is 9.10. The lowest BCUT2D eigenvalue weighted by Gasteiger charge is -2.18. The Labute approximate surface area is 124 Å². The van der Waals surface area contributed by atoms with Crippen LogP contribution < -0.4 is 9.47 Å². The van der Waals surface area contributed by atoms with Crippen LogP contribution in [0.5, 0.6) is 11.5 Å². The van der Waals surface area contributed by atoms with Crippen LogP contribution in [0.1, 0.15) is 30.6 Å². The molecular formula is C13H15BrO6. The summed E-state index contributed by atoms with van der Waals surface area (Å²) in [7, 11) is 0. The number of ether oxygens (including phenoxy) is 2. The Morgan fingerprint density at radius 3 is 2.40 bits per heavy atom. The molecule has 0 saturated heterocycles. The molecule has 1 aromatic carbocycles. The van der Waals surface area contributed by atoms with Crippen LogP contribution in [0, 0.1) is 0 Å². The molecule has 0 amide bonds. The van der Waals surface area contributed by atoms with Crippen molar-refractivity contribution in [2.75, 3.05) is 6.61 Å². The van der Waals surface area contributed by atoms with E-state index < -0.39 is 18.0 Å². The molecule has 1 aromatic rings. The lowest BCUT2D eigenvalue weighted by molar-refractivity contribution is -0.145. The SMILES string of the molecule is CCOc1cc(C(=O)O)cc(Br)c1OC(CC)C(=O)O. The molecule has 0 aliphatic carbocycles. The van der Waals surface area contributed by atoms with Crippen LogP contribution in [0.4, 0.5) is 0 Å². The third-order valence-electron chi connectivity index (χ3n) is 2.46. The van der Waals surface area contributed by atoms with Crippen molar-refractivity contribution in [3.05, 3.63) is 22.2 Å². The van der Waals surface area contributed by atoms with Gasteiger partial charge in [-0.15, -0.1) is 0 Å². The summed E-state index contributed by atoms with van der Waals surface area (Å²) in [5, 5.41) is 18.0. The van der Waals surface area contributed by atoms with Gasteiger partial charge in [0.15, 0.2) is 17.6 Å². The number of halogens is 1. The Kier molecular flexibility index (Phi) is 5.82. The molecule has 1 unspecified atom stereocenters. The molecule has 0 fully saturated rings. The number of aliphatic carboxylic acids is 1. The fraction of sp³-hybridized carbons (Fsp3) is 0.385. The average Bonchev–Trinajstić information content (AvgIpc) is 2.37. The van der Waals surface area contributed by atoms with E-state index >= 15 is 0 Å². The Bertz CT molecular complexity index is 514. The van der Waals surface area contributed by atoms with Crippen molar-refractivity contribution in [2.45, 2.75) is 26.4 Å². The number of carboxylic acid groups (broad SMARTS) is 2. The normalized spacial score (nSPS) is 11.8. The second kappa shape index (κ2) is 7.14. The van der Waals surface area contributed by atoms with Crippen LogP contribution in [0.3, 0.4) is 0 Å². The topological polar surface area (TPSA) is 93.1 Å². The molecule has 1 atom stereocenters. The monoisotopic (exact) mass is 346 g/mol. The zero-order chi connectivity index (χ0) is 15.3. The van der Waals surface area contributed by atoms with Gasteiger partial charge in [0.05, 0.1) is 16.6 Å². The molecule has 0 aliphatic heterocycles. The van der Waals surface area contributed by atoms with E-state index in [2.05, 4.69) is 15.9 Å². The van der Waals surface area contributed by atoms with Gasteiger partial charge in [0, 0.05) is 0 Å². The quantitative estimate of drug-likeness (QED) is 0.788. The summed E-state index contributed by atoms with van der Waals surface area (Å²) >= 11 is 3.18. The van der Waals surface area contributed by atoms with Crippen molar-refractivity contribution in [3.63, 3.8) is 0 Å². The first-order chi connectivity index (χ1) is 9.40. The second-order valence-electron chi connectivity index (χ2n) is 3.88. The van der Waals surface area contributed by atoms with Crippen LogP contribution >= 0.6 is 15.9 Å². The fourth-order valence-electron chi connectivity index (χ4n) is 1.52. The summed E-state index contributed by atoms with van der Waals surface area (Å²) in [6, 6.07) is 2.65. The van der Waals surface area contributed by atoms with E-state index in [1.807, 2.05) is 0 Å². The largest absolute Gasteiger partial charge is 0.490 e. The van der Waals surface area contributed by atoms with Gasteiger partial charge in [-0.1, -0.05) is 6.92 Å². The Hall–Kier alpha value is -1.76. The van der Waals surface area contributed by atoms with E-state index in [0.717, 1.165) is 0 Å². The van der Waals surface area contributed by atoms with E-state index in [9.17, 15) is 9.59 Å². The summed E-state index contributed by atoms with van der Waals surface area (Å²) in [5.74, 6) is -1.82. The molecule has 0 radical (unpaired) electrons. The first-order valence-electron chi connectivity index (χ1n) is 5.99. The maximum absolute atomic E-state index is 11.0. The number of hydrogen-bond acceptors (Lipinski definition) is 4. The highest BCUT2D eigenvalue weighted by atomic mass is 79.9. The summed E-state index contributed by atoms with van der Waals surface area (Å²) in [4.78, 5) is 22.0. The number of hydrogen-bond donors (Lipinski definition) is 2. The van der Waals surface area contributed by atoms with Crippen molar-refractivity contribution >= 4 is 27.9 Å². The molecule has 0 aliphatic rings. The smallest absolute Gasteiger partial charge is 0.344 e. The van der Waals surface area contributed by atoms with Crippen molar-refractivity contribution in [1.82, 2.24) is 0 Å². The highest BCUT2D eigenvalue weighted by Gasteiger charge is 2.22. The Balaban J connectivity index is 3.22. The van der Waals surface area contributed by atoms with E-state index in [1.54, 1.807) is 13.8 Å². The van der Waals surface area contributed by atoms with Crippen LogP contribution in [0.25, 0.3) is 0 Å². The second-order valence-corrected chi connectivity index (χ2v) is 4.73. The molecule has 0 saturated carbocycles. The van der Waals surface area contributed by atoms with Gasteiger partial charge in [-0.2, -0.15) is 0 Å². The number of aromatic carboxylic acids is 1. The molecule has 7 heteroatoms. The van der Waals surface area contributed by atoms with Crippen LogP contribution in [0.15, 0.2) is 16.6 Å². The summed E-state index contributed by atoms with van der Waals surface area (Å²) < 4.78 is 11.1. The van der Waals surface area contributed by atoms with E-state index in [4.69, 9.17) is 19.7 Å². The van der Waals surface area contributed by atoms with E-state index in [1.165, 1.54) is 12.1 Å². The molecule has 0 spiro atoms. The number of benzene rings is 1. The van der Waals surface area contributed by atoms with Crippen molar-refractivity contribution in [3.8, 4) is 11.5 Å². The molecule has 1 rings (SSSR count). The number of carbonyl (C=O) groups is 2. The maximum atomic E-state index is 11.0. The lowest BCUT2D eigenvalue weighted by Crippen LogP contribution is -2.26. The minimum atomic E-state index is -1.11. The fourth-order valence-corrected chi connectivity index (χ4v) is 2.05. The zero-order valence-corrected chi connectivity index (χ0v) is 12.6. The predicted octanol–water partition coefficient (Wildman–Crippen LogP) is 2.79. The molecule has 20 heavy (non-hydrogen) atoms. The minimum Gasteiger partial charge on any atom is -0.490 e. The number of rotatable bonds is 7. The standard InChI is InChI=1S/C13H15BrO6/c1-3-9(13(17)18)20-11-8(14)5-7(12(15)16)6-10(11)19-4-2/h5-6,9H,3-4H2,1-2H3,(H,15,16)(H,17,18). The van der Waals surface area contributed by atoms with Gasteiger partial charge < -0.3 is 19.7 Å². The highest BCUT2D eigenvalue weighted by Crippen LogP contribution is 2.38. The minimum absolute atomic E-state index is 0.0241. The van der Waals surface area contributed by atoms with Crippen LogP contribution in [-0.4, -0.2) is 34.9 Å². The Morgan fingerprint density at radius 2 is 1.95 bits per heavy atom. The average molecular weight is 347 g/mol.